The van der Waals surface area contributed by atoms with Gasteiger partial charge in [-0.1, -0.05) is 212 Å². The lowest BCUT2D eigenvalue weighted by atomic mass is 9.97. The Hall–Kier alpha value is -8.76. The van der Waals surface area contributed by atoms with Crippen LogP contribution in [0.15, 0.2) is 279 Å². The number of hydrogen-bond donors (Lipinski definition) is 0. The van der Waals surface area contributed by atoms with Gasteiger partial charge in [-0.25, -0.2) is 0 Å². The van der Waals surface area contributed by atoms with Crippen LogP contribution in [0, 0.1) is 0 Å². The summed E-state index contributed by atoms with van der Waals surface area (Å²) < 4.78 is 215. The van der Waals surface area contributed by atoms with E-state index in [0.29, 0.717) is 5.69 Å². The fourth-order valence-electron chi connectivity index (χ4n) is 9.50. The highest BCUT2D eigenvalue weighted by Crippen LogP contribution is 2.38. The molecule has 2 aromatic heterocycles. The minimum absolute atomic E-state index is 0.0795. The maximum Gasteiger partial charge on any atom is 0.179 e. The van der Waals surface area contributed by atoms with Gasteiger partial charge in [0.1, 0.15) is 0 Å². The molecule has 0 aliphatic carbocycles. The monoisotopic (exact) mass is 917 g/mol. The zero-order valence-corrected chi connectivity index (χ0v) is 37.2. The Balaban J connectivity index is 1.08. The molecular formula is C66H46N2Si. The van der Waals surface area contributed by atoms with Gasteiger partial charge in [-0.2, -0.15) is 0 Å². The second-order valence-corrected chi connectivity index (χ2v) is 20.1. The molecule has 2 heterocycles. The predicted octanol–water partition coefficient (Wildman–Crippen LogP) is 14.3. The summed E-state index contributed by atoms with van der Waals surface area (Å²) in [5.41, 5.74) is -3.29. The van der Waals surface area contributed by atoms with Crippen molar-refractivity contribution >= 4 is 72.4 Å². The van der Waals surface area contributed by atoms with Crippen LogP contribution in [-0.2, 0) is 0 Å². The van der Waals surface area contributed by atoms with Crippen molar-refractivity contribution < 1.29 is 31.5 Å². The molecular weight excluding hydrogens is 849 g/mol. The van der Waals surface area contributed by atoms with E-state index in [1.165, 1.54) is 33.4 Å². The zero-order chi connectivity index (χ0) is 65.7. The Morgan fingerprint density at radius 1 is 0.275 bits per heavy atom. The summed E-state index contributed by atoms with van der Waals surface area (Å²) in [5.74, 6) is 0. The fourth-order valence-corrected chi connectivity index (χ4v) is 14.3. The minimum atomic E-state index is -3.31. The molecule has 13 rings (SSSR count). The molecule has 2 nitrogen and oxygen atoms in total. The highest BCUT2D eigenvalue weighted by Gasteiger charge is 2.41. The van der Waals surface area contributed by atoms with Crippen molar-refractivity contribution in [2.75, 3.05) is 0 Å². The molecule has 0 atom stereocenters. The molecule has 0 fully saturated rings. The lowest BCUT2D eigenvalue weighted by molar-refractivity contribution is 1.18. The molecule has 0 aliphatic rings. The summed E-state index contributed by atoms with van der Waals surface area (Å²) in [5, 5.41) is 2.62. The van der Waals surface area contributed by atoms with E-state index in [1.807, 2.05) is 66.7 Å². The number of aromatic nitrogens is 2. The van der Waals surface area contributed by atoms with E-state index in [4.69, 9.17) is 12.3 Å². The van der Waals surface area contributed by atoms with Crippen molar-refractivity contribution in [3.05, 3.63) is 279 Å². The van der Waals surface area contributed by atoms with Crippen LogP contribution in [0.5, 0.6) is 0 Å². The molecule has 0 saturated heterocycles. The van der Waals surface area contributed by atoms with Gasteiger partial charge >= 0.3 is 0 Å². The molecule has 0 unspecified atom stereocenters. The molecule has 0 saturated carbocycles. The van der Waals surface area contributed by atoms with E-state index in [9.17, 15) is 19.2 Å². The minimum Gasteiger partial charge on any atom is -0.309 e. The second kappa shape index (κ2) is 16.8. The molecule has 13 aromatic rings. The Labute approximate surface area is 435 Å². The summed E-state index contributed by atoms with van der Waals surface area (Å²) in [4.78, 5) is 0. The van der Waals surface area contributed by atoms with Gasteiger partial charge in [0.05, 0.1) is 53.6 Å². The average Bonchev–Trinajstić information content (AvgIpc) is 1.47. The van der Waals surface area contributed by atoms with E-state index >= 15 is 0 Å². The van der Waals surface area contributed by atoms with Gasteiger partial charge < -0.3 is 9.13 Å². The number of hydrogen-bond acceptors (Lipinski definition) is 0. The summed E-state index contributed by atoms with van der Waals surface area (Å²) in [6.07, 6.45) is 0. The number of para-hydroxylation sites is 2. The molecule has 0 amide bonds. The normalized spacial score (nSPS) is 16.4. The van der Waals surface area contributed by atoms with E-state index in [2.05, 4.69) is 36.4 Å². The first kappa shape index (κ1) is 23.3. The van der Waals surface area contributed by atoms with Crippen LogP contribution in [0.3, 0.4) is 0 Å². The number of rotatable bonds is 9. The van der Waals surface area contributed by atoms with Crippen LogP contribution in [0.25, 0.3) is 88.4 Å². The van der Waals surface area contributed by atoms with Crippen molar-refractivity contribution in [2.24, 2.45) is 0 Å². The van der Waals surface area contributed by atoms with Gasteiger partial charge in [0, 0.05) is 32.9 Å². The van der Waals surface area contributed by atoms with Crippen LogP contribution in [0.1, 0.15) is 31.5 Å². The van der Waals surface area contributed by atoms with Crippen LogP contribution in [0.2, 0.25) is 0 Å². The number of benzene rings is 11. The molecule has 0 radical (unpaired) electrons. The first-order valence-corrected chi connectivity index (χ1v) is 24.0. The highest BCUT2D eigenvalue weighted by molar-refractivity contribution is 7.19. The van der Waals surface area contributed by atoms with Crippen LogP contribution in [0.4, 0.5) is 0 Å². The average molecular weight is 918 g/mol. The lowest BCUT2D eigenvalue weighted by Crippen LogP contribution is -2.74. The first-order chi connectivity index (χ1) is 43.8. The third kappa shape index (κ3) is 6.78. The Bertz CT molecular complexity index is 5240. The molecule has 69 heavy (non-hydrogen) atoms. The standard InChI is InChI=1S/C66H46N2Si/c1-5-19-47(20-6-1)48-35-39-53(40-36-48)67-63-33-15-13-31-59(63)61-44-51(37-41-65(61)67)49-21-17-22-50(43-49)52-38-42-66-62(45-52)60-32-14-16-34-64(60)68(66)54-23-18-30-58(46-54)69(55-24-7-2-8-25-55,56-26-9-3-10-27-56)57-28-11-4-12-29-57/h1-46H/i1D,5D,6D,13D,14D,15D,16D,17D,19D,20D,21D,22D,31D,32D,33D,34D,37D,38D,41D,42D,43D,44D,45D. The molecule has 11 aromatic carbocycles. The smallest absolute Gasteiger partial charge is 0.179 e. The van der Waals surface area contributed by atoms with Crippen molar-refractivity contribution in [1.29, 1.82) is 0 Å². The van der Waals surface area contributed by atoms with Gasteiger partial charge in [-0.15, -0.1) is 0 Å². The molecule has 0 N–H and O–H groups in total. The van der Waals surface area contributed by atoms with Gasteiger partial charge in [0.2, 0.25) is 0 Å². The van der Waals surface area contributed by atoms with Crippen molar-refractivity contribution in [3.63, 3.8) is 0 Å². The van der Waals surface area contributed by atoms with Crippen molar-refractivity contribution in [2.45, 2.75) is 0 Å². The van der Waals surface area contributed by atoms with Crippen LogP contribution < -0.4 is 20.7 Å². The van der Waals surface area contributed by atoms with Gasteiger partial charge in [0.15, 0.2) is 8.07 Å². The van der Waals surface area contributed by atoms with E-state index in [0.717, 1.165) is 20.7 Å². The molecule has 0 aliphatic heterocycles. The van der Waals surface area contributed by atoms with E-state index in [-0.39, 0.29) is 60.4 Å². The molecule has 3 heteroatoms. The van der Waals surface area contributed by atoms with Gasteiger partial charge in [-0.05, 0) is 121 Å². The SMILES string of the molecule is [2H]c1c([2H])c([2H])c(-c2ccc(-n3c4c([2H])c([2H])c([2H])c([2H])c4c4c([2H])c(-c5c([2H])c([2H])c([2H])c(-c6c([2H])c([2H])c7c(c6[2H])c6c([2H])c([2H])c([2H])c([2H])c6n7-c6cccc([Si](c7ccccc7)(c7ccccc7)c7ccccc7)c6)c5[2H])c([2H])c([2H])c43)cc2)c([2H])c1[2H]. The van der Waals surface area contributed by atoms with Gasteiger partial charge in [0.25, 0.3) is 0 Å². The molecule has 0 bridgehead atoms. The quantitative estimate of drug-likeness (QED) is 0.101. The molecule has 0 spiro atoms. The van der Waals surface area contributed by atoms with Crippen LogP contribution >= 0.6 is 0 Å². The number of nitrogens with zero attached hydrogens (tertiary/aromatic N) is 2. The predicted molar refractivity (Wildman–Crippen MR) is 295 cm³/mol. The Kier molecular flexibility index (Phi) is 5.69. The second-order valence-electron chi connectivity index (χ2n) is 16.3. The zero-order valence-electron chi connectivity index (χ0n) is 59.2. The Morgan fingerprint density at radius 2 is 0.710 bits per heavy atom. The maximum absolute atomic E-state index is 10.2. The number of fused-ring (bicyclic) bond motifs is 6. The van der Waals surface area contributed by atoms with E-state index in [1.54, 1.807) is 12.1 Å². The summed E-state index contributed by atoms with van der Waals surface area (Å²) in [6.45, 7) is 0. The maximum atomic E-state index is 10.2. The van der Waals surface area contributed by atoms with Crippen molar-refractivity contribution in [3.8, 4) is 44.8 Å². The third-order valence-corrected chi connectivity index (χ3v) is 17.3. The van der Waals surface area contributed by atoms with Gasteiger partial charge in [-0.3, -0.25) is 0 Å². The highest BCUT2D eigenvalue weighted by atomic mass is 28.3. The Morgan fingerprint density at radius 3 is 1.25 bits per heavy atom. The summed E-state index contributed by atoms with van der Waals surface area (Å²) in [7, 11) is -3.31. The summed E-state index contributed by atoms with van der Waals surface area (Å²) in [6, 6.07) is 26.6. The summed E-state index contributed by atoms with van der Waals surface area (Å²) >= 11 is 0. The van der Waals surface area contributed by atoms with Crippen molar-refractivity contribution in [1.82, 2.24) is 9.13 Å². The molecule has 324 valence electrons. The fraction of sp³-hybridized carbons (Fsp3) is 0. The largest absolute Gasteiger partial charge is 0.309 e. The topological polar surface area (TPSA) is 9.86 Å². The third-order valence-electron chi connectivity index (χ3n) is 12.5. The van der Waals surface area contributed by atoms with Crippen LogP contribution in [-0.4, -0.2) is 17.2 Å². The van der Waals surface area contributed by atoms with E-state index < -0.39 is 169 Å². The first-order valence-electron chi connectivity index (χ1n) is 33.5. The lowest BCUT2D eigenvalue weighted by Gasteiger charge is -2.34.